The Bertz CT molecular complexity index is 439. The molecule has 7 heteroatoms. The summed E-state index contributed by atoms with van der Waals surface area (Å²) in [5, 5.41) is 19.7. The number of hydrogen-bond acceptors (Lipinski definition) is 6. The Kier molecular flexibility index (Phi) is 4.65. The first kappa shape index (κ1) is 13.2. The van der Waals surface area contributed by atoms with Gasteiger partial charge in [-0.25, -0.2) is 4.79 Å². The molecule has 1 aromatic heterocycles. The number of rotatable bonds is 6. The fourth-order valence-electron chi connectivity index (χ4n) is 1.06. The Balaban J connectivity index is 2.78. The van der Waals surface area contributed by atoms with Crippen LogP contribution in [0.5, 0.6) is 0 Å². The smallest absolute Gasteiger partial charge is 0.367 e. The quantitative estimate of drug-likeness (QED) is 0.786. The highest BCUT2D eigenvalue weighted by atomic mass is 32.1. The van der Waals surface area contributed by atoms with Crippen molar-refractivity contribution >= 4 is 17.3 Å². The van der Waals surface area contributed by atoms with E-state index in [0.717, 1.165) is 17.0 Å². The summed E-state index contributed by atoms with van der Waals surface area (Å²) in [4.78, 5) is 12.6. The first-order chi connectivity index (χ1) is 8.04. The van der Waals surface area contributed by atoms with Gasteiger partial charge in [0.2, 0.25) is 5.01 Å². The van der Waals surface area contributed by atoms with Crippen LogP contribution in [0.25, 0.3) is 0 Å². The van der Waals surface area contributed by atoms with Crippen LogP contribution in [-0.2, 0) is 6.42 Å². The molecule has 92 valence electrons. The number of aromatic nitrogens is 2. The lowest BCUT2D eigenvalue weighted by Gasteiger charge is -2.15. The van der Waals surface area contributed by atoms with Crippen molar-refractivity contribution in [1.29, 1.82) is 0 Å². The largest absolute Gasteiger partial charge is 0.476 e. The molecule has 0 aromatic carbocycles. The third-order valence-corrected chi connectivity index (χ3v) is 2.84. The summed E-state index contributed by atoms with van der Waals surface area (Å²) in [7, 11) is 3.80. The molecule has 0 amide bonds. The Morgan fingerprint density at radius 3 is 2.76 bits per heavy atom. The summed E-state index contributed by atoms with van der Waals surface area (Å²) in [6, 6.07) is 0. The van der Waals surface area contributed by atoms with E-state index in [1.807, 2.05) is 19.0 Å². The predicted molar refractivity (Wildman–Crippen MR) is 65.7 cm³/mol. The fourth-order valence-corrected chi connectivity index (χ4v) is 1.75. The lowest BCUT2D eigenvalue weighted by Crippen LogP contribution is -2.15. The molecule has 2 N–H and O–H groups in total. The van der Waals surface area contributed by atoms with Crippen LogP contribution in [0.4, 0.5) is 0 Å². The van der Waals surface area contributed by atoms with E-state index in [9.17, 15) is 4.79 Å². The Morgan fingerprint density at radius 2 is 2.29 bits per heavy atom. The van der Waals surface area contributed by atoms with E-state index in [4.69, 9.17) is 5.11 Å². The number of carboxylic acid groups (broad SMARTS) is 1. The minimum absolute atomic E-state index is 0.00906. The van der Waals surface area contributed by atoms with Crippen LogP contribution in [0.2, 0.25) is 0 Å². The molecule has 6 nitrogen and oxygen atoms in total. The van der Waals surface area contributed by atoms with E-state index in [0.29, 0.717) is 11.4 Å². The van der Waals surface area contributed by atoms with Crippen molar-refractivity contribution < 1.29 is 9.90 Å². The third kappa shape index (κ3) is 3.87. The van der Waals surface area contributed by atoms with E-state index >= 15 is 0 Å². The number of nitrogens with zero attached hydrogens (tertiary/aromatic N) is 3. The zero-order valence-corrected chi connectivity index (χ0v) is 10.5. The van der Waals surface area contributed by atoms with Gasteiger partial charge in [0.05, 0.1) is 0 Å². The van der Waals surface area contributed by atoms with Crippen molar-refractivity contribution in [2.75, 3.05) is 14.1 Å². The molecule has 1 aromatic rings. The van der Waals surface area contributed by atoms with Crippen LogP contribution in [0, 0.1) is 0 Å². The molecule has 0 saturated heterocycles. The molecule has 0 spiro atoms. The molecule has 0 aliphatic heterocycles. The van der Waals surface area contributed by atoms with Crippen molar-refractivity contribution in [1.82, 2.24) is 20.4 Å². The molecule has 1 heterocycles. The predicted octanol–water partition coefficient (Wildman–Crippen LogP) is 0.915. The van der Waals surface area contributed by atoms with Crippen LogP contribution in [0.3, 0.4) is 0 Å². The van der Waals surface area contributed by atoms with Crippen molar-refractivity contribution in [3.63, 3.8) is 0 Å². The molecule has 0 atom stereocenters. The SMILES string of the molecule is C=CN/C=C(/Cc1nnc(C(=O)O)s1)N(C)C. The van der Waals surface area contributed by atoms with Crippen LogP contribution in [0.15, 0.2) is 24.7 Å². The maximum Gasteiger partial charge on any atom is 0.367 e. The number of hydrogen-bond donors (Lipinski definition) is 2. The second-order valence-electron chi connectivity index (χ2n) is 3.38. The maximum absolute atomic E-state index is 10.7. The highest BCUT2D eigenvalue weighted by Crippen LogP contribution is 2.14. The van der Waals surface area contributed by atoms with Gasteiger partial charge in [-0.2, -0.15) is 0 Å². The number of aromatic carboxylic acids is 1. The molecule has 17 heavy (non-hydrogen) atoms. The van der Waals surface area contributed by atoms with Crippen LogP contribution >= 0.6 is 11.3 Å². The number of likely N-dealkylation sites (N-methyl/N-ethyl adjacent to an activating group) is 1. The molecule has 1 rings (SSSR count). The summed E-state index contributed by atoms with van der Waals surface area (Å²) in [6.07, 6.45) is 3.87. The minimum atomic E-state index is -1.05. The molecule has 0 saturated carbocycles. The van der Waals surface area contributed by atoms with Gasteiger partial charge in [-0.3, -0.25) is 0 Å². The Labute approximate surface area is 103 Å². The van der Waals surface area contributed by atoms with E-state index < -0.39 is 5.97 Å². The standard InChI is InChI=1S/C10H14N4O2S/c1-4-11-6-7(14(2)3)5-8-12-13-9(17-8)10(15)16/h4,6,11H,1,5H2,2-3H3,(H,15,16)/b7-6-. The van der Waals surface area contributed by atoms with Crippen molar-refractivity contribution in [2.45, 2.75) is 6.42 Å². The average Bonchev–Trinajstić information content (AvgIpc) is 2.72. The van der Waals surface area contributed by atoms with Gasteiger partial charge < -0.3 is 15.3 Å². The molecule has 0 aliphatic carbocycles. The van der Waals surface area contributed by atoms with Gasteiger partial charge in [0.1, 0.15) is 5.01 Å². The van der Waals surface area contributed by atoms with Crippen molar-refractivity contribution in [3.05, 3.63) is 34.7 Å². The summed E-state index contributed by atoms with van der Waals surface area (Å²) >= 11 is 1.08. The second-order valence-corrected chi connectivity index (χ2v) is 4.45. The van der Waals surface area contributed by atoms with E-state index in [1.165, 1.54) is 0 Å². The first-order valence-corrected chi connectivity index (χ1v) is 5.65. The first-order valence-electron chi connectivity index (χ1n) is 4.83. The van der Waals surface area contributed by atoms with Gasteiger partial charge in [0.15, 0.2) is 0 Å². The highest BCUT2D eigenvalue weighted by molar-refractivity contribution is 7.13. The van der Waals surface area contributed by atoms with Gasteiger partial charge in [0, 0.05) is 32.4 Å². The molecule has 0 bridgehead atoms. The maximum atomic E-state index is 10.7. The molecular formula is C10H14N4O2S. The van der Waals surface area contributed by atoms with Gasteiger partial charge in [-0.1, -0.05) is 17.9 Å². The van der Waals surface area contributed by atoms with Crippen LogP contribution < -0.4 is 5.32 Å². The lowest BCUT2D eigenvalue weighted by molar-refractivity contribution is 0.0695. The minimum Gasteiger partial charge on any atom is -0.476 e. The van der Waals surface area contributed by atoms with Crippen LogP contribution in [-0.4, -0.2) is 40.3 Å². The zero-order chi connectivity index (χ0) is 12.8. The topological polar surface area (TPSA) is 78.3 Å². The fraction of sp³-hybridized carbons (Fsp3) is 0.300. The molecule has 0 aliphatic rings. The highest BCUT2D eigenvalue weighted by Gasteiger charge is 2.12. The average molecular weight is 254 g/mol. The van der Waals surface area contributed by atoms with Crippen molar-refractivity contribution in [3.8, 4) is 0 Å². The van der Waals surface area contributed by atoms with Gasteiger partial charge in [-0.15, -0.1) is 10.2 Å². The Morgan fingerprint density at radius 1 is 1.59 bits per heavy atom. The normalized spacial score (nSPS) is 11.1. The van der Waals surface area contributed by atoms with Gasteiger partial charge >= 0.3 is 5.97 Å². The summed E-state index contributed by atoms with van der Waals surface area (Å²) in [5.74, 6) is -1.05. The molecule has 0 fully saturated rings. The van der Waals surface area contributed by atoms with Crippen LogP contribution in [0.1, 0.15) is 14.8 Å². The van der Waals surface area contributed by atoms with E-state index in [-0.39, 0.29) is 5.01 Å². The summed E-state index contributed by atoms with van der Waals surface area (Å²) < 4.78 is 0. The summed E-state index contributed by atoms with van der Waals surface area (Å²) in [6.45, 7) is 3.55. The van der Waals surface area contributed by atoms with E-state index in [1.54, 1.807) is 12.4 Å². The second kappa shape index (κ2) is 6.00. The van der Waals surface area contributed by atoms with E-state index in [2.05, 4.69) is 22.1 Å². The number of allylic oxidation sites excluding steroid dienone is 1. The monoisotopic (exact) mass is 254 g/mol. The number of carboxylic acids is 1. The van der Waals surface area contributed by atoms with Gasteiger partial charge in [-0.05, 0) is 6.20 Å². The van der Waals surface area contributed by atoms with Crippen molar-refractivity contribution in [2.24, 2.45) is 0 Å². The zero-order valence-electron chi connectivity index (χ0n) is 9.67. The van der Waals surface area contributed by atoms with Gasteiger partial charge in [0.25, 0.3) is 0 Å². The number of nitrogens with one attached hydrogen (secondary N) is 1. The Hall–Kier alpha value is -1.89. The number of carbonyl (C=O) groups is 1. The molecule has 0 unspecified atom stereocenters. The lowest BCUT2D eigenvalue weighted by atomic mass is 10.3. The summed E-state index contributed by atoms with van der Waals surface area (Å²) in [5.41, 5.74) is 0.956. The molecular weight excluding hydrogens is 240 g/mol. The molecule has 0 radical (unpaired) electrons. The third-order valence-electron chi connectivity index (χ3n) is 1.92.